The molecule has 1 aromatic rings. The molecule has 6 heteroatoms. The average molecular weight is 344 g/mol. The van der Waals surface area contributed by atoms with Crippen molar-refractivity contribution in [1.82, 2.24) is 15.1 Å². The van der Waals surface area contributed by atoms with Crippen LogP contribution in [0.2, 0.25) is 0 Å². The molecule has 2 fully saturated rings. The van der Waals surface area contributed by atoms with E-state index in [-0.39, 0.29) is 17.7 Å². The molecule has 2 heterocycles. The number of anilines is 1. The Balaban J connectivity index is 1.50. The number of rotatable bonds is 4. The first-order chi connectivity index (χ1) is 12.0. The van der Waals surface area contributed by atoms with Crippen LogP contribution in [0.5, 0.6) is 0 Å². The van der Waals surface area contributed by atoms with Gasteiger partial charge in [-0.15, -0.1) is 0 Å². The molecule has 136 valence electrons. The Morgan fingerprint density at radius 3 is 2.36 bits per heavy atom. The molecule has 0 saturated carbocycles. The predicted molar refractivity (Wildman–Crippen MR) is 99.0 cm³/mol. The molecule has 6 nitrogen and oxygen atoms in total. The van der Waals surface area contributed by atoms with Crippen LogP contribution in [0.3, 0.4) is 0 Å². The summed E-state index contributed by atoms with van der Waals surface area (Å²) in [6.45, 7) is 9.31. The van der Waals surface area contributed by atoms with Gasteiger partial charge in [-0.2, -0.15) is 0 Å². The van der Waals surface area contributed by atoms with Crippen molar-refractivity contribution in [2.24, 2.45) is 5.92 Å². The molecule has 1 atom stereocenters. The molecule has 3 rings (SSSR count). The Kier molecular flexibility index (Phi) is 5.71. The number of nitrogens with zero attached hydrogens (tertiary/aromatic N) is 2. The lowest BCUT2D eigenvalue weighted by Crippen LogP contribution is -2.53. The summed E-state index contributed by atoms with van der Waals surface area (Å²) in [6.07, 6.45) is 1.20. The molecular formula is C19H28N4O2. The van der Waals surface area contributed by atoms with E-state index in [2.05, 4.69) is 15.5 Å². The smallest absolute Gasteiger partial charge is 0.321 e. The first-order valence-electron chi connectivity index (χ1n) is 9.19. The molecule has 2 aliphatic heterocycles. The van der Waals surface area contributed by atoms with Crippen LogP contribution in [0, 0.1) is 5.92 Å². The van der Waals surface area contributed by atoms with E-state index in [1.54, 1.807) is 24.3 Å². The number of urea groups is 1. The summed E-state index contributed by atoms with van der Waals surface area (Å²) < 4.78 is 0. The quantitative estimate of drug-likeness (QED) is 0.821. The lowest BCUT2D eigenvalue weighted by atomic mass is 10.0. The number of piperazine rings is 1. The normalized spacial score (nSPS) is 21.6. The summed E-state index contributed by atoms with van der Waals surface area (Å²) >= 11 is 0. The number of carbonyl (C=O) groups excluding carboxylic acids is 2. The van der Waals surface area contributed by atoms with Crippen molar-refractivity contribution in [3.05, 3.63) is 29.8 Å². The van der Waals surface area contributed by atoms with Gasteiger partial charge in [0.1, 0.15) is 0 Å². The third kappa shape index (κ3) is 4.38. The van der Waals surface area contributed by atoms with Gasteiger partial charge in [0, 0.05) is 55.9 Å². The minimum atomic E-state index is -0.0628. The fourth-order valence-electron chi connectivity index (χ4n) is 3.49. The topological polar surface area (TPSA) is 64.7 Å². The molecule has 2 N–H and O–H groups in total. The van der Waals surface area contributed by atoms with Crippen LogP contribution in [0.15, 0.2) is 24.3 Å². The maximum absolute atomic E-state index is 12.4. The molecule has 0 spiro atoms. The highest BCUT2D eigenvalue weighted by molar-refractivity contribution is 5.98. The van der Waals surface area contributed by atoms with Crippen molar-refractivity contribution in [2.75, 3.05) is 44.6 Å². The number of hydrogen-bond acceptors (Lipinski definition) is 4. The van der Waals surface area contributed by atoms with E-state index in [4.69, 9.17) is 0 Å². The Morgan fingerprint density at radius 1 is 1.12 bits per heavy atom. The van der Waals surface area contributed by atoms with Crippen molar-refractivity contribution in [3.8, 4) is 0 Å². The Bertz CT molecular complexity index is 600. The molecule has 0 bridgehead atoms. The first-order valence-corrected chi connectivity index (χ1v) is 9.19. The molecule has 2 saturated heterocycles. The van der Waals surface area contributed by atoms with Gasteiger partial charge in [-0.3, -0.25) is 9.69 Å². The number of nitrogens with one attached hydrogen (secondary N) is 2. The van der Waals surface area contributed by atoms with Crippen LogP contribution in [0.25, 0.3) is 0 Å². The summed E-state index contributed by atoms with van der Waals surface area (Å²) in [7, 11) is 0. The lowest BCUT2D eigenvalue weighted by Gasteiger charge is -2.37. The third-order valence-electron chi connectivity index (χ3n) is 5.10. The van der Waals surface area contributed by atoms with Gasteiger partial charge in [0.2, 0.25) is 0 Å². The highest BCUT2D eigenvalue weighted by atomic mass is 16.2. The lowest BCUT2D eigenvalue weighted by molar-refractivity contribution is 0.0939. The van der Waals surface area contributed by atoms with E-state index in [0.29, 0.717) is 11.6 Å². The van der Waals surface area contributed by atoms with Gasteiger partial charge in [-0.1, -0.05) is 13.8 Å². The van der Waals surface area contributed by atoms with Crippen LogP contribution in [0.4, 0.5) is 10.5 Å². The number of benzene rings is 1. The maximum Gasteiger partial charge on any atom is 0.321 e. The zero-order chi connectivity index (χ0) is 17.8. The molecule has 1 aromatic carbocycles. The second-order valence-electron chi connectivity index (χ2n) is 7.20. The van der Waals surface area contributed by atoms with Crippen molar-refractivity contribution < 1.29 is 9.59 Å². The van der Waals surface area contributed by atoms with E-state index in [9.17, 15) is 9.59 Å². The second kappa shape index (κ2) is 7.97. The minimum Gasteiger partial charge on any atom is -0.322 e. The Labute approximate surface area is 149 Å². The van der Waals surface area contributed by atoms with Crippen molar-refractivity contribution >= 4 is 17.5 Å². The molecule has 2 amide bonds. The second-order valence-corrected chi connectivity index (χ2v) is 7.20. The number of ketones is 1. The molecule has 1 unspecified atom stereocenters. The molecular weight excluding hydrogens is 316 g/mol. The molecule has 25 heavy (non-hydrogen) atoms. The summed E-state index contributed by atoms with van der Waals surface area (Å²) in [5.74, 6) is 0.0993. The highest BCUT2D eigenvalue weighted by Gasteiger charge is 2.27. The summed E-state index contributed by atoms with van der Waals surface area (Å²) in [5.41, 5.74) is 1.42. The van der Waals surface area contributed by atoms with Crippen molar-refractivity contribution in [1.29, 1.82) is 0 Å². The highest BCUT2D eigenvalue weighted by Crippen LogP contribution is 2.16. The fraction of sp³-hybridized carbons (Fsp3) is 0.579. The summed E-state index contributed by atoms with van der Waals surface area (Å²) in [5, 5.41) is 6.33. The standard InChI is InChI=1S/C19H28N4O2/c1-14(2)18(24)15-3-5-16(6-4-15)21-19(25)23-11-9-22(10-12-23)17-7-8-20-13-17/h3-6,14,17,20H,7-13H2,1-2H3,(H,21,25). The molecule has 0 aliphatic carbocycles. The van der Waals surface area contributed by atoms with E-state index >= 15 is 0 Å². The number of hydrogen-bond donors (Lipinski definition) is 2. The van der Waals surface area contributed by atoms with Gasteiger partial charge >= 0.3 is 6.03 Å². The zero-order valence-corrected chi connectivity index (χ0v) is 15.1. The van der Waals surface area contributed by atoms with Crippen LogP contribution in [0.1, 0.15) is 30.6 Å². The van der Waals surface area contributed by atoms with E-state index in [1.807, 2.05) is 18.7 Å². The Hall–Kier alpha value is -1.92. The van der Waals surface area contributed by atoms with Crippen LogP contribution in [-0.2, 0) is 0 Å². The first kappa shape index (κ1) is 17.9. The van der Waals surface area contributed by atoms with Crippen LogP contribution in [-0.4, -0.2) is 66.9 Å². The number of carbonyl (C=O) groups is 2. The third-order valence-corrected chi connectivity index (χ3v) is 5.10. The van der Waals surface area contributed by atoms with E-state index < -0.39 is 0 Å². The SMILES string of the molecule is CC(C)C(=O)c1ccc(NC(=O)N2CCN(C3CCNC3)CC2)cc1. The molecule has 0 radical (unpaired) electrons. The maximum atomic E-state index is 12.4. The monoisotopic (exact) mass is 344 g/mol. The van der Waals surface area contributed by atoms with Gasteiger partial charge in [0.25, 0.3) is 0 Å². The fourth-order valence-corrected chi connectivity index (χ4v) is 3.49. The summed E-state index contributed by atoms with van der Waals surface area (Å²) in [6, 6.07) is 7.72. The van der Waals surface area contributed by atoms with Gasteiger partial charge in [0.05, 0.1) is 0 Å². The van der Waals surface area contributed by atoms with Crippen molar-refractivity contribution in [3.63, 3.8) is 0 Å². The predicted octanol–water partition coefficient (Wildman–Crippen LogP) is 2.04. The van der Waals surface area contributed by atoms with Gasteiger partial charge in [0.15, 0.2) is 5.78 Å². The largest absolute Gasteiger partial charge is 0.322 e. The van der Waals surface area contributed by atoms with E-state index in [0.717, 1.165) is 45.0 Å². The number of amides is 2. The zero-order valence-electron chi connectivity index (χ0n) is 15.1. The molecule has 0 aromatic heterocycles. The van der Waals surface area contributed by atoms with Gasteiger partial charge < -0.3 is 15.5 Å². The molecule has 2 aliphatic rings. The van der Waals surface area contributed by atoms with Gasteiger partial charge in [-0.25, -0.2) is 4.79 Å². The van der Waals surface area contributed by atoms with Crippen molar-refractivity contribution in [2.45, 2.75) is 26.3 Å². The minimum absolute atomic E-state index is 0.0215. The number of Topliss-reactive ketones (excluding diaryl/α,β-unsaturated/α-hetero) is 1. The van der Waals surface area contributed by atoms with E-state index in [1.165, 1.54) is 6.42 Å². The average Bonchev–Trinajstić information content (AvgIpc) is 3.16. The Morgan fingerprint density at radius 2 is 1.80 bits per heavy atom. The van der Waals surface area contributed by atoms with Gasteiger partial charge in [-0.05, 0) is 37.2 Å². The van der Waals surface area contributed by atoms with Crippen LogP contribution >= 0.6 is 0 Å². The summed E-state index contributed by atoms with van der Waals surface area (Å²) in [4.78, 5) is 28.7. The van der Waals surface area contributed by atoms with Crippen LogP contribution < -0.4 is 10.6 Å².